The largest absolute Gasteiger partial charge is 0.493 e. The summed E-state index contributed by atoms with van der Waals surface area (Å²) in [6, 6.07) is 14.3. The number of nitrogens with zero attached hydrogens (tertiary/aromatic N) is 1. The van der Waals surface area contributed by atoms with Gasteiger partial charge in [0.15, 0.2) is 17.3 Å². The monoisotopic (exact) mass is 375 g/mol. The van der Waals surface area contributed by atoms with Crippen molar-refractivity contribution in [3.63, 3.8) is 0 Å². The van der Waals surface area contributed by atoms with Gasteiger partial charge in [-0.1, -0.05) is 42.5 Å². The zero-order chi connectivity index (χ0) is 19.5. The van der Waals surface area contributed by atoms with E-state index in [1.54, 1.807) is 20.3 Å². The van der Waals surface area contributed by atoms with E-state index in [1.807, 2.05) is 12.1 Å². The number of rotatable bonds is 5. The van der Waals surface area contributed by atoms with Crippen molar-refractivity contribution in [2.75, 3.05) is 27.3 Å². The second kappa shape index (κ2) is 8.03. The average molecular weight is 375 g/mol. The molecule has 0 bridgehead atoms. The zero-order valence-electron chi connectivity index (χ0n) is 16.4. The van der Waals surface area contributed by atoms with Gasteiger partial charge in [0, 0.05) is 37.2 Å². The molecule has 0 unspecified atom stereocenters. The molecule has 1 aliphatic carbocycles. The van der Waals surface area contributed by atoms with E-state index in [1.165, 1.54) is 11.1 Å². The molecule has 0 saturated carbocycles. The molecule has 0 atom stereocenters. The first kappa shape index (κ1) is 18.5. The fourth-order valence-electron chi connectivity index (χ4n) is 3.92. The Hall–Kier alpha value is -2.85. The lowest BCUT2D eigenvalue weighted by atomic mass is 10.0. The van der Waals surface area contributed by atoms with Gasteiger partial charge in [-0.3, -0.25) is 9.69 Å². The van der Waals surface area contributed by atoms with Crippen LogP contribution in [-0.4, -0.2) is 38.0 Å². The van der Waals surface area contributed by atoms with Crippen molar-refractivity contribution in [3.05, 3.63) is 82.5 Å². The predicted molar refractivity (Wildman–Crippen MR) is 110 cm³/mol. The fraction of sp³-hybridized carbons (Fsp3) is 0.292. The van der Waals surface area contributed by atoms with E-state index >= 15 is 0 Å². The maximum Gasteiger partial charge on any atom is 0.189 e. The highest BCUT2D eigenvalue weighted by Gasteiger charge is 2.27. The van der Waals surface area contributed by atoms with Crippen molar-refractivity contribution in [2.24, 2.45) is 0 Å². The summed E-state index contributed by atoms with van der Waals surface area (Å²) in [6.07, 6.45) is 5.95. The number of carbonyl (C=O) groups is 1. The Balaban J connectivity index is 1.47. The standard InChI is InChI=1S/C24H25NO3/c1-27-22-14-19-13-20(24(26)21(19)15-23(22)28-2)12-17-8-10-25(11-9-17)16-18-6-4-3-5-7-18/h3-8,12,14-15H,9-11,13,16H2,1-2H3/b20-12-. The predicted octanol–water partition coefficient (Wildman–Crippen LogP) is 4.20. The Kier molecular flexibility index (Phi) is 5.31. The van der Waals surface area contributed by atoms with E-state index in [-0.39, 0.29) is 5.78 Å². The zero-order valence-corrected chi connectivity index (χ0v) is 16.4. The number of Topliss-reactive ketones (excluding diaryl/α,β-unsaturated/α-hetero) is 1. The summed E-state index contributed by atoms with van der Waals surface area (Å²) in [5.74, 6) is 1.37. The number of ketones is 1. The van der Waals surface area contributed by atoms with Crippen LogP contribution in [0.25, 0.3) is 0 Å². The van der Waals surface area contributed by atoms with Gasteiger partial charge in [-0.25, -0.2) is 0 Å². The normalized spacial score (nSPS) is 18.1. The van der Waals surface area contributed by atoms with E-state index in [9.17, 15) is 4.79 Å². The first-order valence-electron chi connectivity index (χ1n) is 9.63. The minimum Gasteiger partial charge on any atom is -0.493 e. The fourth-order valence-corrected chi connectivity index (χ4v) is 3.92. The van der Waals surface area contributed by atoms with Crippen LogP contribution in [0, 0.1) is 0 Å². The van der Waals surface area contributed by atoms with Crippen LogP contribution >= 0.6 is 0 Å². The Labute approximate surface area is 166 Å². The van der Waals surface area contributed by atoms with Crippen molar-refractivity contribution < 1.29 is 14.3 Å². The third-order valence-corrected chi connectivity index (χ3v) is 5.46. The first-order chi connectivity index (χ1) is 13.7. The minimum atomic E-state index is 0.101. The maximum atomic E-state index is 12.8. The van der Waals surface area contributed by atoms with E-state index < -0.39 is 0 Å². The molecule has 4 nitrogen and oxygen atoms in total. The number of allylic oxidation sites excluding steroid dienone is 2. The SMILES string of the molecule is COc1cc2c(cc1OC)C(=O)/C(=C\C1=CCN(Cc3ccccc3)CC1)C2. The molecule has 0 radical (unpaired) electrons. The number of carbonyl (C=O) groups excluding carboxylic acids is 1. The molecule has 0 N–H and O–H groups in total. The van der Waals surface area contributed by atoms with Crippen LogP contribution in [0.2, 0.25) is 0 Å². The number of methoxy groups -OCH3 is 2. The van der Waals surface area contributed by atoms with Gasteiger partial charge in [0.05, 0.1) is 14.2 Å². The molecule has 4 heteroatoms. The Bertz CT molecular complexity index is 944. The van der Waals surface area contributed by atoms with Crippen LogP contribution in [0.3, 0.4) is 0 Å². The molecule has 144 valence electrons. The summed E-state index contributed by atoms with van der Waals surface area (Å²) in [6.45, 7) is 2.88. The molecule has 0 saturated heterocycles. The second-order valence-electron chi connectivity index (χ2n) is 7.29. The highest BCUT2D eigenvalue weighted by Crippen LogP contribution is 2.37. The molecule has 2 aliphatic rings. The number of benzene rings is 2. The lowest BCUT2D eigenvalue weighted by molar-refractivity contribution is 0.103. The quantitative estimate of drug-likeness (QED) is 0.734. The van der Waals surface area contributed by atoms with E-state index in [2.05, 4.69) is 41.3 Å². The summed E-state index contributed by atoms with van der Waals surface area (Å²) in [4.78, 5) is 15.3. The molecule has 0 fully saturated rings. The lowest BCUT2D eigenvalue weighted by Gasteiger charge is -2.25. The molecule has 1 aliphatic heterocycles. The summed E-state index contributed by atoms with van der Waals surface area (Å²) >= 11 is 0. The number of hydrogen-bond donors (Lipinski definition) is 0. The lowest BCUT2D eigenvalue weighted by Crippen LogP contribution is -2.28. The third kappa shape index (κ3) is 3.73. The molecule has 0 spiro atoms. The van der Waals surface area contributed by atoms with Gasteiger partial charge in [0.1, 0.15) is 0 Å². The Morgan fingerprint density at radius 3 is 2.50 bits per heavy atom. The van der Waals surface area contributed by atoms with Crippen molar-refractivity contribution >= 4 is 5.78 Å². The van der Waals surface area contributed by atoms with Crippen molar-refractivity contribution in [2.45, 2.75) is 19.4 Å². The Morgan fingerprint density at radius 1 is 1.07 bits per heavy atom. The molecular weight excluding hydrogens is 350 g/mol. The second-order valence-corrected chi connectivity index (χ2v) is 7.29. The maximum absolute atomic E-state index is 12.8. The third-order valence-electron chi connectivity index (χ3n) is 5.46. The van der Waals surface area contributed by atoms with E-state index in [0.717, 1.165) is 42.8 Å². The number of hydrogen-bond acceptors (Lipinski definition) is 4. The topological polar surface area (TPSA) is 38.8 Å². The van der Waals surface area contributed by atoms with Crippen molar-refractivity contribution in [1.82, 2.24) is 4.90 Å². The van der Waals surface area contributed by atoms with Crippen LogP contribution in [-0.2, 0) is 13.0 Å². The summed E-state index contributed by atoms with van der Waals surface area (Å²) < 4.78 is 10.7. The molecule has 2 aromatic rings. The van der Waals surface area contributed by atoms with Gasteiger partial charge < -0.3 is 9.47 Å². The van der Waals surface area contributed by atoms with Crippen LogP contribution in [0.15, 0.2) is 65.8 Å². The van der Waals surface area contributed by atoms with Gasteiger partial charge in [-0.05, 0) is 35.3 Å². The molecule has 1 heterocycles. The molecule has 2 aromatic carbocycles. The van der Waals surface area contributed by atoms with Gasteiger partial charge in [0.25, 0.3) is 0 Å². The van der Waals surface area contributed by atoms with Crippen LogP contribution < -0.4 is 9.47 Å². The van der Waals surface area contributed by atoms with Gasteiger partial charge in [-0.2, -0.15) is 0 Å². The van der Waals surface area contributed by atoms with Crippen LogP contribution in [0.1, 0.15) is 27.9 Å². The van der Waals surface area contributed by atoms with E-state index in [0.29, 0.717) is 17.9 Å². The summed E-state index contributed by atoms with van der Waals surface area (Å²) in [5.41, 5.74) is 5.18. The summed E-state index contributed by atoms with van der Waals surface area (Å²) in [7, 11) is 3.21. The van der Waals surface area contributed by atoms with Crippen LogP contribution in [0.4, 0.5) is 0 Å². The number of fused-ring (bicyclic) bond motifs is 1. The molecular formula is C24H25NO3. The molecule has 4 rings (SSSR count). The number of ether oxygens (including phenoxy) is 2. The first-order valence-corrected chi connectivity index (χ1v) is 9.63. The Morgan fingerprint density at radius 2 is 1.82 bits per heavy atom. The van der Waals surface area contributed by atoms with Crippen molar-refractivity contribution in [1.29, 1.82) is 0 Å². The summed E-state index contributed by atoms with van der Waals surface area (Å²) in [5, 5.41) is 0. The average Bonchev–Trinajstić information content (AvgIpc) is 3.03. The van der Waals surface area contributed by atoms with Gasteiger partial charge in [-0.15, -0.1) is 0 Å². The van der Waals surface area contributed by atoms with Gasteiger partial charge >= 0.3 is 0 Å². The van der Waals surface area contributed by atoms with Gasteiger partial charge in [0.2, 0.25) is 0 Å². The van der Waals surface area contributed by atoms with E-state index in [4.69, 9.17) is 9.47 Å². The molecule has 28 heavy (non-hydrogen) atoms. The molecule has 0 amide bonds. The highest BCUT2D eigenvalue weighted by atomic mass is 16.5. The highest BCUT2D eigenvalue weighted by molar-refractivity contribution is 6.13. The molecule has 0 aromatic heterocycles. The van der Waals surface area contributed by atoms with Crippen LogP contribution in [0.5, 0.6) is 11.5 Å². The van der Waals surface area contributed by atoms with Crippen molar-refractivity contribution in [3.8, 4) is 11.5 Å². The smallest absolute Gasteiger partial charge is 0.189 e. The minimum absolute atomic E-state index is 0.101.